The number of likely N-dealkylation sites (N-methyl/N-ethyl adjacent to an activating group) is 2. The molecule has 0 aliphatic carbocycles. The van der Waals surface area contributed by atoms with Gasteiger partial charge in [-0.3, -0.25) is 24.1 Å². The van der Waals surface area contributed by atoms with Crippen LogP contribution in [0.25, 0.3) is 0 Å². The Kier molecular flexibility index (Phi) is 22.6. The predicted molar refractivity (Wildman–Crippen MR) is 295 cm³/mol. The number of methoxy groups -OCH3 is 2. The molecule has 5 rings (SSSR count). The van der Waals surface area contributed by atoms with Gasteiger partial charge < -0.3 is 35.0 Å². The molecule has 4 aromatic carbocycles. The number of nitrogens with one attached hydrogen (secondary N) is 2. The molecule has 13 heteroatoms. The monoisotopic (exact) mass is 1020 g/mol. The molecule has 398 valence electrons. The lowest BCUT2D eigenvalue weighted by Crippen LogP contribution is -2.60. The highest BCUT2D eigenvalue weighted by molar-refractivity contribution is 8.00. The molecule has 9 unspecified atom stereocenters. The van der Waals surface area contributed by atoms with Crippen molar-refractivity contribution < 1.29 is 33.8 Å². The first kappa shape index (κ1) is 58.8. The fraction of sp³-hybridized carbons (Fsp3) is 0.533. The van der Waals surface area contributed by atoms with Gasteiger partial charge in [0.1, 0.15) is 6.04 Å². The van der Waals surface area contributed by atoms with Crippen LogP contribution in [0.3, 0.4) is 0 Å². The molecular formula is C60H85N5O7S. The van der Waals surface area contributed by atoms with Gasteiger partial charge in [0.05, 0.1) is 59.6 Å². The van der Waals surface area contributed by atoms with Gasteiger partial charge in [-0.05, 0) is 66.8 Å². The van der Waals surface area contributed by atoms with Gasteiger partial charge in [-0.15, -0.1) is 11.8 Å². The number of rotatable bonds is 27. The van der Waals surface area contributed by atoms with Crippen molar-refractivity contribution in [3.05, 3.63) is 144 Å². The molecule has 0 radical (unpaired) electrons. The molecule has 4 amide bonds. The molecule has 1 saturated heterocycles. The molecule has 73 heavy (non-hydrogen) atoms. The lowest BCUT2D eigenvalue weighted by atomic mass is 9.84. The molecule has 1 fully saturated rings. The van der Waals surface area contributed by atoms with Crippen molar-refractivity contribution in [1.29, 1.82) is 0 Å². The second kappa shape index (κ2) is 28.0. The van der Waals surface area contributed by atoms with Crippen LogP contribution < -0.4 is 10.6 Å². The first-order chi connectivity index (χ1) is 34.9. The van der Waals surface area contributed by atoms with Crippen molar-refractivity contribution in [2.24, 2.45) is 23.7 Å². The number of amides is 4. The molecule has 0 spiro atoms. The number of hydrogen-bond donors (Lipinski definition) is 3. The fourth-order valence-corrected chi connectivity index (χ4v) is 12.5. The average molecular weight is 1020 g/mol. The summed E-state index contributed by atoms with van der Waals surface area (Å²) in [4.78, 5) is 63.3. The van der Waals surface area contributed by atoms with E-state index in [2.05, 4.69) is 102 Å². The van der Waals surface area contributed by atoms with E-state index in [0.717, 1.165) is 12.8 Å². The third-order valence-corrected chi connectivity index (χ3v) is 16.7. The highest BCUT2D eigenvalue weighted by Gasteiger charge is 2.44. The number of aliphatic hydroxyl groups is 1. The number of carbonyl (C=O) groups excluding carboxylic acids is 4. The van der Waals surface area contributed by atoms with E-state index in [-0.39, 0.29) is 53.8 Å². The minimum atomic E-state index is -0.892. The van der Waals surface area contributed by atoms with E-state index in [1.165, 1.54) is 16.7 Å². The summed E-state index contributed by atoms with van der Waals surface area (Å²) in [7, 11) is 6.89. The normalized spacial score (nSPS) is 17.8. The predicted octanol–water partition coefficient (Wildman–Crippen LogP) is 8.97. The lowest BCUT2D eigenvalue weighted by Gasteiger charge is -2.41. The Morgan fingerprint density at radius 3 is 1.73 bits per heavy atom. The summed E-state index contributed by atoms with van der Waals surface area (Å²) >= 11 is 1.85. The molecule has 0 bridgehead atoms. The van der Waals surface area contributed by atoms with E-state index < -0.39 is 53.1 Å². The molecule has 1 aliphatic rings. The van der Waals surface area contributed by atoms with Crippen LogP contribution in [0.15, 0.2) is 121 Å². The average Bonchev–Trinajstić information content (AvgIpc) is 3.89. The SMILES string of the molecule is CCC(C)C(C(CC(=O)N1CCC[C@H]1C(OC)C(C)C(=O)NC(C)C(O)c1ccccc1)OC)N(C)C(=O)C(NC(=O)C(C(C)C)N(C)CCSC(c1ccccc1)(c1ccccc1)c1ccccc1)C(C)C. The van der Waals surface area contributed by atoms with Crippen molar-refractivity contribution in [3.63, 3.8) is 0 Å². The van der Waals surface area contributed by atoms with Crippen molar-refractivity contribution in [2.75, 3.05) is 47.2 Å². The number of carbonyl (C=O) groups is 4. The Morgan fingerprint density at radius 2 is 1.26 bits per heavy atom. The van der Waals surface area contributed by atoms with Gasteiger partial charge in [0.2, 0.25) is 23.6 Å². The summed E-state index contributed by atoms with van der Waals surface area (Å²) in [5.41, 5.74) is 4.23. The molecule has 12 nitrogen and oxygen atoms in total. The van der Waals surface area contributed by atoms with Crippen LogP contribution in [0.4, 0.5) is 0 Å². The number of aliphatic hydroxyl groups excluding tert-OH is 1. The molecule has 3 N–H and O–H groups in total. The summed E-state index contributed by atoms with van der Waals surface area (Å²) in [5.74, 6) is -1.14. The molecule has 0 saturated carbocycles. The molecule has 1 aliphatic heterocycles. The quantitative estimate of drug-likeness (QED) is 0.0500. The van der Waals surface area contributed by atoms with Crippen LogP contribution in [0.5, 0.6) is 0 Å². The minimum Gasteiger partial charge on any atom is -0.386 e. The van der Waals surface area contributed by atoms with Crippen molar-refractivity contribution in [3.8, 4) is 0 Å². The van der Waals surface area contributed by atoms with Gasteiger partial charge in [0.15, 0.2) is 0 Å². The number of nitrogens with zero attached hydrogens (tertiary/aromatic N) is 3. The standard InChI is InChI=1S/C60H85N5O7S/c1-13-42(6)54(50(71-11)39-51(66)65-36-26-35-49(65)56(72-12)43(7)57(68)61-44(8)55(67)45-27-18-14-19-28-45)64(10)59(70)52(40(2)3)62-58(69)53(41(4)5)63(9)37-38-73-60(46-29-20-15-21-30-46,47-31-22-16-23-32-47)48-33-24-17-25-34-48/h14-25,27-34,40-44,49-50,52-56,67H,13,26,35-39H2,1-12H3,(H,61,68)(H,62,69)/t42?,43?,44?,49-,50?,52?,53?,54?,55?,56?/m0/s1. The molecule has 0 aromatic heterocycles. The van der Waals surface area contributed by atoms with Gasteiger partial charge in [-0.1, -0.05) is 176 Å². The van der Waals surface area contributed by atoms with Crippen molar-refractivity contribution >= 4 is 35.4 Å². The number of hydrogen-bond acceptors (Lipinski definition) is 9. The van der Waals surface area contributed by atoms with Gasteiger partial charge in [0, 0.05) is 40.1 Å². The van der Waals surface area contributed by atoms with Gasteiger partial charge in [-0.2, -0.15) is 0 Å². The maximum absolute atomic E-state index is 14.9. The summed E-state index contributed by atoms with van der Waals surface area (Å²) < 4.78 is 11.7. The third-order valence-electron chi connectivity index (χ3n) is 15.2. The highest BCUT2D eigenvalue weighted by atomic mass is 32.2. The van der Waals surface area contributed by atoms with Crippen molar-refractivity contribution in [2.45, 2.75) is 134 Å². The van der Waals surface area contributed by atoms with Gasteiger partial charge >= 0.3 is 0 Å². The molecular weight excluding hydrogens is 935 g/mol. The van der Waals surface area contributed by atoms with Crippen LogP contribution in [0.2, 0.25) is 0 Å². The Balaban J connectivity index is 1.28. The summed E-state index contributed by atoms with van der Waals surface area (Å²) in [5, 5.41) is 17.1. The Bertz CT molecular complexity index is 2210. The van der Waals surface area contributed by atoms with Crippen molar-refractivity contribution in [1.82, 2.24) is 25.3 Å². The molecule has 1 heterocycles. The summed E-state index contributed by atoms with van der Waals surface area (Å²) in [6, 6.07) is 38.2. The Hall–Kier alpha value is -5.05. The first-order valence-corrected chi connectivity index (χ1v) is 27.4. The lowest BCUT2D eigenvalue weighted by molar-refractivity contribution is -0.148. The summed E-state index contributed by atoms with van der Waals surface area (Å²) in [6.07, 6.45) is -0.0241. The zero-order valence-corrected chi connectivity index (χ0v) is 46.4. The van der Waals surface area contributed by atoms with E-state index in [9.17, 15) is 24.3 Å². The van der Waals surface area contributed by atoms with Crippen LogP contribution in [-0.2, 0) is 33.4 Å². The zero-order valence-electron chi connectivity index (χ0n) is 45.6. The van der Waals surface area contributed by atoms with E-state index >= 15 is 0 Å². The number of thioether (sulfide) groups is 1. The van der Waals surface area contributed by atoms with E-state index in [4.69, 9.17) is 9.47 Å². The number of ether oxygens (including phenoxy) is 2. The molecule has 4 aromatic rings. The zero-order chi connectivity index (χ0) is 53.4. The number of likely N-dealkylation sites (tertiary alicyclic amines) is 1. The summed E-state index contributed by atoms with van der Waals surface area (Å²) in [6.45, 7) is 16.8. The van der Waals surface area contributed by atoms with Crippen LogP contribution in [-0.4, -0.2) is 133 Å². The second-order valence-electron chi connectivity index (χ2n) is 20.8. The van der Waals surface area contributed by atoms with Gasteiger partial charge in [0.25, 0.3) is 0 Å². The number of benzene rings is 4. The van der Waals surface area contributed by atoms with E-state index in [1.54, 1.807) is 40.0 Å². The highest BCUT2D eigenvalue weighted by Crippen LogP contribution is 2.48. The van der Waals surface area contributed by atoms with Crippen LogP contribution >= 0.6 is 11.8 Å². The Morgan fingerprint density at radius 1 is 0.740 bits per heavy atom. The van der Waals surface area contributed by atoms with Crippen LogP contribution in [0, 0.1) is 23.7 Å². The maximum Gasteiger partial charge on any atom is 0.245 e. The van der Waals surface area contributed by atoms with Gasteiger partial charge in [-0.25, -0.2) is 0 Å². The maximum atomic E-state index is 14.9. The Labute approximate surface area is 441 Å². The smallest absolute Gasteiger partial charge is 0.245 e. The van der Waals surface area contributed by atoms with E-state index in [0.29, 0.717) is 30.8 Å². The van der Waals surface area contributed by atoms with E-state index in [1.807, 2.05) is 99.9 Å². The van der Waals surface area contributed by atoms with Crippen LogP contribution in [0.1, 0.15) is 109 Å². The topological polar surface area (TPSA) is 141 Å². The fourth-order valence-electron chi connectivity index (χ4n) is 10.9. The molecule has 10 atom stereocenters. The third kappa shape index (κ3) is 14.4. The second-order valence-corrected chi connectivity index (χ2v) is 22.1. The minimum absolute atomic E-state index is 0.00791. The largest absolute Gasteiger partial charge is 0.386 e. The first-order valence-electron chi connectivity index (χ1n) is 26.4.